The second-order valence-electron chi connectivity index (χ2n) is 11.8. The van der Waals surface area contributed by atoms with Gasteiger partial charge in [0.15, 0.2) is 0 Å². The molecular weight excluding hydrogens is 475 g/mol. The average molecular weight is 515 g/mol. The number of hydrogen-bond donors (Lipinski definition) is 2. The second kappa shape index (κ2) is 10.4. The number of fused-ring (bicyclic) bond motifs is 5. The molecule has 35 heavy (non-hydrogen) atoms. The molecule has 0 saturated heterocycles. The van der Waals surface area contributed by atoms with Crippen LogP contribution in [0.1, 0.15) is 83.3 Å². The molecule has 190 valence electrons. The van der Waals surface area contributed by atoms with Crippen molar-refractivity contribution in [2.75, 3.05) is 0 Å². The minimum Gasteiger partial charge on any atom is -0.716 e. The van der Waals surface area contributed by atoms with E-state index in [1.54, 1.807) is 12.1 Å². The second-order valence-corrected chi connectivity index (χ2v) is 12.7. The Balaban J connectivity index is 0.00000342. The first-order chi connectivity index (χ1) is 15.7. The monoisotopic (exact) mass is 514 g/mol. The van der Waals surface area contributed by atoms with Gasteiger partial charge >= 0.3 is 29.6 Å². The van der Waals surface area contributed by atoms with Crippen LogP contribution in [0.25, 0.3) is 0 Å². The maximum absolute atomic E-state index is 11.6. The first kappa shape index (κ1) is 29.2. The van der Waals surface area contributed by atoms with Crippen molar-refractivity contribution in [3.8, 4) is 5.75 Å². The van der Waals surface area contributed by atoms with Crippen LogP contribution in [0.4, 0.5) is 0 Å². The van der Waals surface area contributed by atoms with Gasteiger partial charge in [0, 0.05) is 5.92 Å². The Morgan fingerprint density at radius 1 is 1.34 bits per heavy atom. The van der Waals surface area contributed by atoms with Gasteiger partial charge in [0.1, 0.15) is 5.75 Å². The first-order valence-corrected chi connectivity index (χ1v) is 13.9. The maximum Gasteiger partial charge on any atom is 1.00 e. The molecule has 1 aromatic rings. The van der Waals surface area contributed by atoms with Crippen LogP contribution in [0.15, 0.2) is 30.4 Å². The van der Waals surface area contributed by atoms with Gasteiger partial charge in [-0.15, -0.1) is 0 Å². The van der Waals surface area contributed by atoms with Gasteiger partial charge in [-0.25, -0.2) is 8.42 Å². The molecule has 8 heteroatoms. The van der Waals surface area contributed by atoms with Crippen LogP contribution in [-0.2, 0) is 16.8 Å². The largest absolute Gasteiger partial charge is 1.00 e. The Morgan fingerprint density at radius 3 is 2.66 bits per heavy atom. The smallest absolute Gasteiger partial charge is 0.716 e. The van der Waals surface area contributed by atoms with E-state index in [0.717, 1.165) is 43.2 Å². The minimum absolute atomic E-state index is 0. The number of hydrogen-bond acceptors (Lipinski definition) is 6. The summed E-state index contributed by atoms with van der Waals surface area (Å²) in [6.07, 6.45) is 5.15. The van der Waals surface area contributed by atoms with E-state index in [0.29, 0.717) is 36.5 Å². The summed E-state index contributed by atoms with van der Waals surface area (Å²) in [5, 5.41) is 22.8. The zero-order valence-corrected chi connectivity index (χ0v) is 24.6. The third-order valence-electron chi connectivity index (χ3n) is 9.36. The number of allylic oxidation sites excluding steroid dienone is 1. The molecule has 0 radical (unpaired) electrons. The van der Waals surface area contributed by atoms with E-state index in [1.165, 1.54) is 5.56 Å². The molecule has 3 aliphatic carbocycles. The Labute approximate surface area is 232 Å². The molecule has 4 rings (SSSR count). The van der Waals surface area contributed by atoms with Crippen LogP contribution in [0.3, 0.4) is 0 Å². The van der Waals surface area contributed by atoms with Crippen LogP contribution >= 0.6 is 0 Å². The van der Waals surface area contributed by atoms with Gasteiger partial charge in [-0.05, 0) is 104 Å². The van der Waals surface area contributed by atoms with E-state index in [-0.39, 0.29) is 46.6 Å². The Kier molecular flexibility index (Phi) is 8.66. The number of benzene rings is 1. The third-order valence-corrected chi connectivity index (χ3v) is 9.76. The van der Waals surface area contributed by atoms with Gasteiger partial charge in [0.2, 0.25) is 0 Å². The molecule has 0 amide bonds. The minimum atomic E-state index is -4.80. The van der Waals surface area contributed by atoms with Gasteiger partial charge in [-0.3, -0.25) is 0 Å². The Hall–Kier alpha value is -0.410. The van der Waals surface area contributed by atoms with Crippen molar-refractivity contribution in [2.45, 2.75) is 90.3 Å². The maximum atomic E-state index is 11.6. The SMILES string of the molecule is C=C(CC[C@](C)(O)[C@H]1[C@@H](O)C[C@H]2[C@@H]3CCc4cc(OS(=O)(=O)[O-])ccc4[C@H]3CC[C@@]21C)C(C)C.[Na+]. The fraction of sp³-hybridized carbons (Fsp3) is 0.704. The average Bonchev–Trinajstić information content (AvgIpc) is 3.01. The van der Waals surface area contributed by atoms with Gasteiger partial charge in [-0.2, -0.15) is 0 Å². The molecule has 0 unspecified atom stereocenters. The molecule has 7 atom stereocenters. The predicted octanol–water partition coefficient (Wildman–Crippen LogP) is 1.72. The molecule has 6 nitrogen and oxygen atoms in total. The van der Waals surface area contributed by atoms with E-state index in [1.807, 2.05) is 13.0 Å². The summed E-state index contributed by atoms with van der Waals surface area (Å²) in [5.41, 5.74) is 2.28. The van der Waals surface area contributed by atoms with Gasteiger partial charge in [0.25, 0.3) is 10.4 Å². The van der Waals surface area contributed by atoms with Crippen LogP contribution in [0, 0.1) is 29.1 Å². The van der Waals surface area contributed by atoms with E-state index >= 15 is 0 Å². The summed E-state index contributed by atoms with van der Waals surface area (Å²) < 4.78 is 37.5. The van der Waals surface area contributed by atoms with Crippen molar-refractivity contribution in [3.05, 3.63) is 41.5 Å². The zero-order valence-electron chi connectivity index (χ0n) is 21.8. The molecule has 1 aromatic carbocycles. The van der Waals surface area contributed by atoms with Crippen molar-refractivity contribution in [2.24, 2.45) is 29.1 Å². The van der Waals surface area contributed by atoms with E-state index < -0.39 is 22.1 Å². The molecule has 2 fully saturated rings. The topological polar surface area (TPSA) is 107 Å². The molecule has 0 spiro atoms. The fourth-order valence-corrected chi connectivity index (χ4v) is 8.06. The number of aliphatic hydroxyl groups excluding tert-OH is 1. The third kappa shape index (κ3) is 5.71. The summed E-state index contributed by atoms with van der Waals surface area (Å²) in [6.45, 7) is 12.6. The summed E-state index contributed by atoms with van der Waals surface area (Å²) in [5.74, 6) is 1.33. The normalized spacial score (nSPS) is 33.7. The van der Waals surface area contributed by atoms with Crippen molar-refractivity contribution in [1.29, 1.82) is 0 Å². The summed E-state index contributed by atoms with van der Waals surface area (Å²) in [7, 11) is -4.80. The van der Waals surface area contributed by atoms with E-state index in [2.05, 4.69) is 31.5 Å². The zero-order chi connectivity index (χ0) is 25.1. The molecular formula is C27H39NaO6S. The van der Waals surface area contributed by atoms with Crippen molar-refractivity contribution in [3.63, 3.8) is 0 Å². The van der Waals surface area contributed by atoms with Crippen molar-refractivity contribution >= 4 is 10.4 Å². The standard InChI is InChI=1S/C27H40O6S.Na/c1-16(2)17(3)10-13-27(5,29)25-24(28)15-23-22-8-6-18-14-19(33-34(30,31)32)7-9-20(18)21(22)11-12-26(23,25)4;/h7,9,14,16,21-25,28-29H,3,6,8,10-13,15H2,1-2,4-5H3,(H,30,31,32);/q;+1/p-1/t21-,22-,23+,24+,25+,26+,27+;/m1./s1. The number of aliphatic hydroxyl groups is 2. The molecule has 0 bridgehead atoms. The molecule has 2 saturated carbocycles. The molecule has 0 aromatic heterocycles. The Bertz CT molecular complexity index is 1050. The summed E-state index contributed by atoms with van der Waals surface area (Å²) in [6, 6.07) is 5.17. The number of rotatable bonds is 7. The van der Waals surface area contributed by atoms with Gasteiger partial charge in [0.05, 0.1) is 11.7 Å². The van der Waals surface area contributed by atoms with E-state index in [9.17, 15) is 23.2 Å². The molecule has 3 aliphatic rings. The summed E-state index contributed by atoms with van der Waals surface area (Å²) in [4.78, 5) is 0. The van der Waals surface area contributed by atoms with Crippen LogP contribution in [0.2, 0.25) is 0 Å². The molecule has 0 aliphatic heterocycles. The quantitative estimate of drug-likeness (QED) is 0.248. The van der Waals surface area contributed by atoms with Crippen molar-refractivity contribution < 1.29 is 56.9 Å². The fourth-order valence-electron chi connectivity index (χ4n) is 7.72. The van der Waals surface area contributed by atoms with Gasteiger partial charge in [-0.1, -0.05) is 39.0 Å². The first-order valence-electron chi connectivity index (χ1n) is 12.6. The van der Waals surface area contributed by atoms with Crippen LogP contribution < -0.4 is 33.7 Å². The summed E-state index contributed by atoms with van der Waals surface area (Å²) >= 11 is 0. The van der Waals surface area contributed by atoms with Crippen LogP contribution in [-0.4, -0.2) is 34.9 Å². The Morgan fingerprint density at radius 2 is 2.03 bits per heavy atom. The van der Waals surface area contributed by atoms with E-state index in [4.69, 9.17) is 0 Å². The van der Waals surface area contributed by atoms with Crippen LogP contribution in [0.5, 0.6) is 5.75 Å². The molecule has 2 N–H and O–H groups in total. The predicted molar refractivity (Wildman–Crippen MR) is 130 cm³/mol. The van der Waals surface area contributed by atoms with Gasteiger partial charge < -0.3 is 18.9 Å². The number of aryl methyl sites for hydroxylation is 1. The van der Waals surface area contributed by atoms with Crippen molar-refractivity contribution in [1.82, 2.24) is 0 Å². The molecule has 0 heterocycles.